The molecule has 7 heteroatoms. The minimum Gasteiger partial charge on any atom is -0.493 e. The molecule has 0 bridgehead atoms. The van der Waals surface area contributed by atoms with Crippen LogP contribution in [0.4, 0.5) is 5.69 Å². The Bertz CT molecular complexity index is 590. The number of hydrogen-bond acceptors (Lipinski definition) is 4. The molecule has 2 atom stereocenters. The Labute approximate surface area is 136 Å². The molecule has 0 aliphatic heterocycles. The minimum atomic E-state index is -0.831. The lowest BCUT2D eigenvalue weighted by Gasteiger charge is -2.15. The fourth-order valence-electron chi connectivity index (χ4n) is 2.63. The Balaban J connectivity index is 2.10. The molecular formula is C15H18BrNO5. The monoisotopic (exact) mass is 371 g/mol. The summed E-state index contributed by atoms with van der Waals surface area (Å²) < 4.78 is 11.1. The molecule has 6 nitrogen and oxygen atoms in total. The van der Waals surface area contributed by atoms with E-state index in [1.54, 1.807) is 12.1 Å². The number of hydrogen-bond donors (Lipinski definition) is 2. The number of carbonyl (C=O) groups is 2. The Morgan fingerprint density at radius 1 is 1.18 bits per heavy atom. The summed E-state index contributed by atoms with van der Waals surface area (Å²) >= 11 is 3.38. The van der Waals surface area contributed by atoms with E-state index in [0.717, 1.165) is 0 Å². The third kappa shape index (κ3) is 3.52. The summed E-state index contributed by atoms with van der Waals surface area (Å²) in [5.74, 6) is -0.639. The van der Waals surface area contributed by atoms with Crippen molar-refractivity contribution in [2.45, 2.75) is 19.3 Å². The van der Waals surface area contributed by atoms with E-state index in [2.05, 4.69) is 21.2 Å². The van der Waals surface area contributed by atoms with Gasteiger partial charge in [0.1, 0.15) is 0 Å². The molecule has 0 saturated heterocycles. The fourth-order valence-corrected chi connectivity index (χ4v) is 3.05. The first-order valence-corrected chi connectivity index (χ1v) is 7.70. The van der Waals surface area contributed by atoms with Crippen LogP contribution in [0.25, 0.3) is 0 Å². The molecule has 2 N–H and O–H groups in total. The molecule has 1 fully saturated rings. The number of rotatable bonds is 5. The average Bonchev–Trinajstić information content (AvgIpc) is 2.99. The number of carboxylic acids is 1. The second-order valence-corrected chi connectivity index (χ2v) is 6.08. The van der Waals surface area contributed by atoms with Crippen molar-refractivity contribution >= 4 is 33.5 Å². The minimum absolute atomic E-state index is 0.170. The zero-order valence-electron chi connectivity index (χ0n) is 12.4. The largest absolute Gasteiger partial charge is 0.493 e. The molecule has 1 aliphatic rings. The molecule has 1 saturated carbocycles. The van der Waals surface area contributed by atoms with Gasteiger partial charge in [-0.15, -0.1) is 0 Å². The van der Waals surface area contributed by atoms with Crippen LogP contribution in [0.15, 0.2) is 16.6 Å². The Morgan fingerprint density at radius 2 is 1.77 bits per heavy atom. The van der Waals surface area contributed by atoms with Crippen LogP contribution in [0.1, 0.15) is 19.3 Å². The van der Waals surface area contributed by atoms with Crippen LogP contribution < -0.4 is 14.8 Å². The molecule has 2 rings (SSSR count). The van der Waals surface area contributed by atoms with Crippen LogP contribution in [0, 0.1) is 11.8 Å². The van der Waals surface area contributed by atoms with Gasteiger partial charge in [-0.1, -0.05) is 0 Å². The maximum atomic E-state index is 12.3. The zero-order chi connectivity index (χ0) is 16.3. The molecule has 1 aromatic carbocycles. The number of aliphatic carboxylic acids is 1. The van der Waals surface area contributed by atoms with Gasteiger partial charge in [0, 0.05) is 22.5 Å². The number of ether oxygens (including phenoxy) is 2. The molecule has 120 valence electrons. The van der Waals surface area contributed by atoms with Crippen LogP contribution in [0.3, 0.4) is 0 Å². The average molecular weight is 372 g/mol. The number of carbonyl (C=O) groups excluding carboxylic acids is 1. The van der Waals surface area contributed by atoms with Crippen molar-refractivity contribution in [1.29, 1.82) is 0 Å². The van der Waals surface area contributed by atoms with Crippen LogP contribution in [0.2, 0.25) is 0 Å². The molecule has 0 spiro atoms. The predicted octanol–water partition coefficient (Wildman–Crippen LogP) is 2.91. The van der Waals surface area contributed by atoms with E-state index in [1.165, 1.54) is 14.2 Å². The van der Waals surface area contributed by atoms with Gasteiger partial charge in [0.05, 0.1) is 25.8 Å². The summed E-state index contributed by atoms with van der Waals surface area (Å²) in [5, 5.41) is 11.8. The number of amides is 1. The first kappa shape index (κ1) is 16.6. The van der Waals surface area contributed by atoms with Crippen molar-refractivity contribution in [2.24, 2.45) is 11.8 Å². The normalized spacial score (nSPS) is 20.5. The Kier molecular flexibility index (Phi) is 5.28. The quantitative estimate of drug-likeness (QED) is 0.830. The number of benzene rings is 1. The van der Waals surface area contributed by atoms with Gasteiger partial charge in [-0.25, -0.2) is 0 Å². The van der Waals surface area contributed by atoms with Gasteiger partial charge in [-0.05, 0) is 35.2 Å². The summed E-state index contributed by atoms with van der Waals surface area (Å²) in [6.45, 7) is 0. The van der Waals surface area contributed by atoms with Crippen molar-refractivity contribution in [3.05, 3.63) is 16.6 Å². The highest BCUT2D eigenvalue weighted by Crippen LogP contribution is 2.37. The molecular weight excluding hydrogens is 354 g/mol. The summed E-state index contributed by atoms with van der Waals surface area (Å²) in [6.07, 6.45) is 1.51. The van der Waals surface area contributed by atoms with Crippen molar-refractivity contribution in [2.75, 3.05) is 19.5 Å². The summed E-state index contributed by atoms with van der Waals surface area (Å²) in [5.41, 5.74) is 0.571. The number of nitrogens with one attached hydrogen (secondary N) is 1. The SMILES string of the molecule is COc1cc(Br)c(NC(=O)[C@@H]2CC[C@H](C(=O)O)C2)cc1OC. The molecule has 22 heavy (non-hydrogen) atoms. The number of methoxy groups -OCH3 is 2. The summed E-state index contributed by atoms with van der Waals surface area (Å²) in [4.78, 5) is 23.3. The van der Waals surface area contributed by atoms with E-state index in [0.29, 0.717) is 40.9 Å². The van der Waals surface area contributed by atoms with Crippen LogP contribution >= 0.6 is 15.9 Å². The van der Waals surface area contributed by atoms with Gasteiger partial charge in [-0.2, -0.15) is 0 Å². The lowest BCUT2D eigenvalue weighted by molar-refractivity contribution is -0.141. The highest BCUT2D eigenvalue weighted by atomic mass is 79.9. The van der Waals surface area contributed by atoms with Crippen molar-refractivity contribution in [1.82, 2.24) is 0 Å². The van der Waals surface area contributed by atoms with E-state index < -0.39 is 11.9 Å². The lowest BCUT2D eigenvalue weighted by Crippen LogP contribution is -2.22. The third-order valence-corrected chi connectivity index (χ3v) is 4.54. The van der Waals surface area contributed by atoms with E-state index in [4.69, 9.17) is 14.6 Å². The van der Waals surface area contributed by atoms with Crippen molar-refractivity contribution in [3.8, 4) is 11.5 Å². The highest BCUT2D eigenvalue weighted by molar-refractivity contribution is 9.10. The molecule has 0 radical (unpaired) electrons. The van der Waals surface area contributed by atoms with E-state index in [9.17, 15) is 9.59 Å². The molecule has 0 aromatic heterocycles. The zero-order valence-corrected chi connectivity index (χ0v) is 14.0. The fraction of sp³-hybridized carbons (Fsp3) is 0.467. The van der Waals surface area contributed by atoms with Crippen molar-refractivity contribution < 1.29 is 24.2 Å². The van der Waals surface area contributed by atoms with Crippen LogP contribution in [-0.2, 0) is 9.59 Å². The Hall–Kier alpha value is -1.76. The first-order valence-electron chi connectivity index (χ1n) is 6.91. The van der Waals surface area contributed by atoms with E-state index in [1.807, 2.05) is 0 Å². The van der Waals surface area contributed by atoms with Gasteiger partial charge >= 0.3 is 5.97 Å². The van der Waals surface area contributed by atoms with Gasteiger partial charge in [0.15, 0.2) is 11.5 Å². The predicted molar refractivity (Wildman–Crippen MR) is 84.3 cm³/mol. The molecule has 1 amide bonds. The Morgan fingerprint density at radius 3 is 2.32 bits per heavy atom. The molecule has 1 aliphatic carbocycles. The van der Waals surface area contributed by atoms with E-state index in [-0.39, 0.29) is 11.8 Å². The van der Waals surface area contributed by atoms with Crippen LogP contribution in [-0.4, -0.2) is 31.2 Å². The molecule has 0 heterocycles. The second kappa shape index (κ2) is 7.00. The molecule has 0 unspecified atom stereocenters. The number of halogens is 1. The maximum absolute atomic E-state index is 12.3. The van der Waals surface area contributed by atoms with E-state index >= 15 is 0 Å². The number of carboxylic acid groups (broad SMARTS) is 1. The van der Waals surface area contributed by atoms with Crippen LogP contribution in [0.5, 0.6) is 11.5 Å². The summed E-state index contributed by atoms with van der Waals surface area (Å²) in [6, 6.07) is 3.38. The third-order valence-electron chi connectivity index (χ3n) is 3.88. The lowest BCUT2D eigenvalue weighted by atomic mass is 10.0. The standard InChI is InChI=1S/C15H18BrNO5/c1-21-12-6-10(16)11(7-13(12)22-2)17-14(18)8-3-4-9(5-8)15(19)20/h6-9H,3-5H2,1-2H3,(H,17,18)(H,19,20)/t8-,9+/m1/s1. The smallest absolute Gasteiger partial charge is 0.306 e. The first-order chi connectivity index (χ1) is 10.5. The van der Waals surface area contributed by atoms with Gasteiger partial charge in [0.25, 0.3) is 0 Å². The topological polar surface area (TPSA) is 84.9 Å². The van der Waals surface area contributed by atoms with Crippen molar-refractivity contribution in [3.63, 3.8) is 0 Å². The van der Waals surface area contributed by atoms with Gasteiger partial charge < -0.3 is 19.9 Å². The number of anilines is 1. The van der Waals surface area contributed by atoms with Gasteiger partial charge in [-0.3, -0.25) is 9.59 Å². The summed E-state index contributed by atoms with van der Waals surface area (Å²) in [7, 11) is 3.05. The molecule has 1 aromatic rings. The highest BCUT2D eigenvalue weighted by Gasteiger charge is 2.34. The maximum Gasteiger partial charge on any atom is 0.306 e. The second-order valence-electron chi connectivity index (χ2n) is 5.22. The van der Waals surface area contributed by atoms with Gasteiger partial charge in [0.2, 0.25) is 5.91 Å².